The monoisotopic (exact) mass is 420 g/mol. The van der Waals surface area contributed by atoms with Crippen molar-refractivity contribution in [3.05, 3.63) is 46.9 Å². The van der Waals surface area contributed by atoms with E-state index in [9.17, 15) is 18.0 Å². The number of carbonyl (C=O) groups excluding carboxylic acids is 1. The summed E-state index contributed by atoms with van der Waals surface area (Å²) in [7, 11) is 0. The summed E-state index contributed by atoms with van der Waals surface area (Å²) in [6.07, 6.45) is -0.972. The number of hydrogen-bond acceptors (Lipinski definition) is 6. The molecule has 0 aliphatic carbocycles. The molecular weight excluding hydrogens is 397 g/mol. The first-order valence-corrected chi connectivity index (χ1v) is 10.1. The maximum absolute atomic E-state index is 13.3. The van der Waals surface area contributed by atoms with Crippen LogP contribution in [0.15, 0.2) is 24.4 Å². The molecule has 0 bridgehead atoms. The molecule has 1 atom stereocenters. The number of aromatic nitrogens is 3. The molecule has 160 valence electrons. The second-order valence-electron chi connectivity index (χ2n) is 7.71. The van der Waals surface area contributed by atoms with Gasteiger partial charge in [-0.05, 0) is 43.0 Å². The van der Waals surface area contributed by atoms with Crippen LogP contribution in [0.1, 0.15) is 40.2 Å². The van der Waals surface area contributed by atoms with Crippen LogP contribution < -0.4 is 4.90 Å². The summed E-state index contributed by atoms with van der Waals surface area (Å²) in [6, 6.07) is 5.10. The third-order valence-corrected chi connectivity index (χ3v) is 5.65. The van der Waals surface area contributed by atoms with Gasteiger partial charge in [-0.1, -0.05) is 0 Å². The van der Waals surface area contributed by atoms with E-state index in [1.165, 1.54) is 6.20 Å². The minimum atomic E-state index is -4.23. The average molecular weight is 420 g/mol. The maximum Gasteiger partial charge on any atom is 0.393 e. The van der Waals surface area contributed by atoms with Gasteiger partial charge in [0.25, 0.3) is 0 Å². The molecule has 0 saturated carbocycles. The van der Waals surface area contributed by atoms with Crippen molar-refractivity contribution in [2.45, 2.75) is 38.3 Å². The number of hydrogen-bond donors (Lipinski definition) is 0. The van der Waals surface area contributed by atoms with E-state index in [2.05, 4.69) is 15.2 Å². The van der Waals surface area contributed by atoms with E-state index in [1.54, 1.807) is 23.1 Å². The highest BCUT2D eigenvalue weighted by atomic mass is 19.4. The lowest BCUT2D eigenvalue weighted by Gasteiger charge is -2.35. The predicted octanol–water partition coefficient (Wildman–Crippen LogP) is 3.19. The summed E-state index contributed by atoms with van der Waals surface area (Å²) in [6.45, 7) is 1.32. The number of nitrogens with zero attached hydrogens (tertiary/aromatic N) is 4. The van der Waals surface area contributed by atoms with E-state index in [0.717, 1.165) is 11.3 Å². The molecule has 0 amide bonds. The number of pyridine rings is 1. The molecule has 1 fully saturated rings. The van der Waals surface area contributed by atoms with Gasteiger partial charge in [0.1, 0.15) is 5.82 Å². The number of Topliss-reactive ketones (excluding diaryl/α,β-unsaturated/α-hetero) is 1. The summed E-state index contributed by atoms with van der Waals surface area (Å²) in [5.74, 6) is -1.08. The van der Waals surface area contributed by atoms with Crippen LogP contribution in [-0.4, -0.2) is 53.4 Å². The van der Waals surface area contributed by atoms with E-state index in [-0.39, 0.29) is 25.2 Å². The number of fused-ring (bicyclic) bond motifs is 1. The van der Waals surface area contributed by atoms with Gasteiger partial charge < -0.3 is 9.64 Å². The zero-order chi connectivity index (χ0) is 21.1. The smallest absolute Gasteiger partial charge is 0.381 e. The minimum absolute atomic E-state index is 0.0791. The number of halogens is 3. The van der Waals surface area contributed by atoms with Gasteiger partial charge in [0.2, 0.25) is 0 Å². The fourth-order valence-corrected chi connectivity index (χ4v) is 4.09. The molecule has 6 nitrogen and oxygen atoms in total. The highest BCUT2D eigenvalue weighted by Gasteiger charge is 2.42. The molecule has 0 aromatic carbocycles. The number of anilines is 1. The van der Waals surface area contributed by atoms with Crippen LogP contribution in [0.4, 0.5) is 19.0 Å². The summed E-state index contributed by atoms with van der Waals surface area (Å²) in [4.78, 5) is 19.4. The molecule has 2 aliphatic heterocycles. The third-order valence-electron chi connectivity index (χ3n) is 5.65. The third kappa shape index (κ3) is 4.61. The molecule has 30 heavy (non-hydrogen) atoms. The molecule has 2 aromatic heterocycles. The first-order valence-electron chi connectivity index (χ1n) is 10.1. The lowest BCUT2D eigenvalue weighted by molar-refractivity contribution is -0.176. The Balaban J connectivity index is 1.67. The molecule has 0 spiro atoms. The molecule has 1 saturated heterocycles. The van der Waals surface area contributed by atoms with E-state index in [4.69, 9.17) is 4.74 Å². The predicted molar refractivity (Wildman–Crippen MR) is 104 cm³/mol. The molecule has 0 unspecified atom stereocenters. The first kappa shape index (κ1) is 20.7. The molecule has 4 rings (SSSR count). The van der Waals surface area contributed by atoms with E-state index in [0.29, 0.717) is 56.1 Å². The second kappa shape index (κ2) is 8.67. The lowest BCUT2D eigenvalue weighted by atomic mass is 9.95. The second-order valence-corrected chi connectivity index (χ2v) is 7.71. The lowest BCUT2D eigenvalue weighted by Crippen LogP contribution is -2.42. The zero-order valence-electron chi connectivity index (χ0n) is 16.5. The Bertz CT molecular complexity index is 905. The number of ether oxygens (including phenoxy) is 1. The molecule has 0 radical (unpaired) electrons. The Kier molecular flexibility index (Phi) is 5.99. The van der Waals surface area contributed by atoms with E-state index < -0.39 is 12.1 Å². The van der Waals surface area contributed by atoms with Crippen molar-refractivity contribution in [1.29, 1.82) is 0 Å². The average Bonchev–Trinajstić information content (AvgIpc) is 2.98. The van der Waals surface area contributed by atoms with E-state index in [1.807, 2.05) is 0 Å². The number of piperidine rings is 1. The first-order chi connectivity index (χ1) is 14.4. The maximum atomic E-state index is 13.3. The molecule has 4 heterocycles. The largest absolute Gasteiger partial charge is 0.393 e. The van der Waals surface area contributed by atoms with Crippen LogP contribution in [0, 0.1) is 5.92 Å². The van der Waals surface area contributed by atoms with Crippen molar-refractivity contribution in [3.63, 3.8) is 0 Å². The van der Waals surface area contributed by atoms with Crippen LogP contribution >= 0.6 is 0 Å². The molecular formula is C21H23F3N4O2. The fraction of sp³-hybridized carbons (Fsp3) is 0.524. The summed E-state index contributed by atoms with van der Waals surface area (Å²) in [5, 5.41) is 7.78. The summed E-state index contributed by atoms with van der Waals surface area (Å²) >= 11 is 0. The van der Waals surface area contributed by atoms with Gasteiger partial charge >= 0.3 is 6.18 Å². The van der Waals surface area contributed by atoms with Crippen molar-refractivity contribution in [3.8, 4) is 0 Å². The summed E-state index contributed by atoms with van der Waals surface area (Å²) < 4.78 is 45.4. The number of alkyl halides is 3. The Morgan fingerprint density at radius 3 is 2.87 bits per heavy atom. The zero-order valence-corrected chi connectivity index (χ0v) is 16.5. The Morgan fingerprint density at radius 2 is 2.10 bits per heavy atom. The van der Waals surface area contributed by atoms with Crippen molar-refractivity contribution < 1.29 is 22.7 Å². The van der Waals surface area contributed by atoms with Crippen molar-refractivity contribution in [2.75, 3.05) is 31.2 Å². The minimum Gasteiger partial charge on any atom is -0.381 e. The molecule has 2 aromatic rings. The molecule has 0 N–H and O–H groups in total. The number of ketones is 1. The Morgan fingerprint density at radius 1 is 1.27 bits per heavy atom. The number of carbonyl (C=O) groups is 1. The van der Waals surface area contributed by atoms with Crippen LogP contribution in [0.5, 0.6) is 0 Å². The highest BCUT2D eigenvalue weighted by Crippen LogP contribution is 2.35. The van der Waals surface area contributed by atoms with Gasteiger partial charge in [-0.2, -0.15) is 23.4 Å². The van der Waals surface area contributed by atoms with Gasteiger partial charge in [-0.15, -0.1) is 0 Å². The fourth-order valence-electron chi connectivity index (χ4n) is 4.09. The van der Waals surface area contributed by atoms with Gasteiger partial charge in [-0.3, -0.25) is 4.79 Å². The quantitative estimate of drug-likeness (QED) is 0.708. The van der Waals surface area contributed by atoms with Gasteiger partial charge in [0, 0.05) is 37.0 Å². The SMILES string of the molecule is O=C(Cc1cccnn1)c1cc(N2CCC[C@H](C(F)(F)F)C2)nc2c1CCOCC2. The van der Waals surface area contributed by atoms with Crippen LogP contribution in [0.3, 0.4) is 0 Å². The van der Waals surface area contributed by atoms with Crippen molar-refractivity contribution >= 4 is 11.6 Å². The normalized spacial score (nSPS) is 19.8. The van der Waals surface area contributed by atoms with Crippen LogP contribution in [-0.2, 0) is 24.0 Å². The Hall–Kier alpha value is -2.55. The highest BCUT2D eigenvalue weighted by molar-refractivity contribution is 5.99. The van der Waals surface area contributed by atoms with Gasteiger partial charge in [-0.25, -0.2) is 4.98 Å². The van der Waals surface area contributed by atoms with Gasteiger partial charge in [0.05, 0.1) is 31.2 Å². The molecule has 9 heteroatoms. The topological polar surface area (TPSA) is 68.2 Å². The van der Waals surface area contributed by atoms with Crippen molar-refractivity contribution in [1.82, 2.24) is 15.2 Å². The van der Waals surface area contributed by atoms with Crippen molar-refractivity contribution in [2.24, 2.45) is 5.92 Å². The summed E-state index contributed by atoms with van der Waals surface area (Å²) in [5.41, 5.74) is 2.62. The van der Waals surface area contributed by atoms with E-state index >= 15 is 0 Å². The Labute approximate surface area is 172 Å². The number of rotatable bonds is 4. The van der Waals surface area contributed by atoms with Crippen LogP contribution in [0.2, 0.25) is 0 Å². The molecule has 2 aliphatic rings. The van der Waals surface area contributed by atoms with Crippen LogP contribution in [0.25, 0.3) is 0 Å². The standard InChI is InChI=1S/C21H23F3N4O2/c22-21(23,24)14-3-2-8-28(13-14)20-12-17(16-5-9-30-10-6-18(16)26-20)19(29)11-15-4-1-7-25-27-15/h1,4,7,12,14H,2-3,5-6,8-11,13H2/t14-/m0/s1. The van der Waals surface area contributed by atoms with Gasteiger partial charge in [0.15, 0.2) is 5.78 Å².